The van der Waals surface area contributed by atoms with Crippen molar-refractivity contribution in [1.29, 1.82) is 0 Å². The second kappa shape index (κ2) is 6.37. The van der Waals surface area contributed by atoms with E-state index < -0.39 is 16.5 Å². The van der Waals surface area contributed by atoms with E-state index in [0.717, 1.165) is 11.6 Å². The van der Waals surface area contributed by atoms with Gasteiger partial charge in [-0.05, 0) is 35.4 Å². The number of non-ortho nitro benzene ring substituents is 1. The maximum absolute atomic E-state index is 14.1. The number of carbonyl (C=O) groups is 1. The lowest BCUT2D eigenvalue weighted by molar-refractivity contribution is -0.384. The average Bonchev–Trinajstić information content (AvgIpc) is 2.62. The minimum absolute atomic E-state index is 0.0648. The van der Waals surface area contributed by atoms with Crippen molar-refractivity contribution < 1.29 is 14.1 Å². The van der Waals surface area contributed by atoms with Gasteiger partial charge in [0.05, 0.1) is 10.5 Å². The molecule has 24 heavy (non-hydrogen) atoms. The van der Waals surface area contributed by atoms with Crippen LogP contribution in [0.2, 0.25) is 0 Å². The molecule has 0 atom stereocenters. The first kappa shape index (κ1) is 15.5. The van der Waals surface area contributed by atoms with Crippen molar-refractivity contribution in [1.82, 2.24) is 4.98 Å². The van der Waals surface area contributed by atoms with Crippen molar-refractivity contribution in [2.24, 2.45) is 0 Å². The fraction of sp³-hybridized carbons (Fsp3) is 0. The molecule has 0 saturated carbocycles. The molecule has 5 nitrogen and oxygen atoms in total. The van der Waals surface area contributed by atoms with Crippen LogP contribution in [0.4, 0.5) is 10.1 Å². The largest absolute Gasteiger partial charge is 0.288 e. The monoisotopic (exact) mass is 322 g/mol. The summed E-state index contributed by atoms with van der Waals surface area (Å²) < 4.78 is 14.1. The summed E-state index contributed by atoms with van der Waals surface area (Å²) in [7, 11) is 0. The highest BCUT2D eigenvalue weighted by molar-refractivity contribution is 6.10. The van der Waals surface area contributed by atoms with Crippen LogP contribution >= 0.6 is 0 Å². The number of hydrogen-bond donors (Lipinski definition) is 0. The van der Waals surface area contributed by atoms with Crippen molar-refractivity contribution in [3.8, 4) is 11.1 Å². The van der Waals surface area contributed by atoms with E-state index in [1.54, 1.807) is 30.6 Å². The zero-order valence-corrected chi connectivity index (χ0v) is 12.3. The van der Waals surface area contributed by atoms with E-state index in [2.05, 4.69) is 4.98 Å². The molecule has 0 aliphatic rings. The molecule has 3 aromatic rings. The molecule has 6 heteroatoms. The SMILES string of the molecule is O=C(c1cccc([N+](=O)[O-])c1)c1cc(-c2ccncc2)ccc1F. The summed E-state index contributed by atoms with van der Waals surface area (Å²) >= 11 is 0. The van der Waals surface area contributed by atoms with Gasteiger partial charge in [-0.2, -0.15) is 0 Å². The van der Waals surface area contributed by atoms with Crippen LogP contribution in [0.25, 0.3) is 11.1 Å². The number of hydrogen-bond acceptors (Lipinski definition) is 4. The van der Waals surface area contributed by atoms with Gasteiger partial charge in [0.1, 0.15) is 5.82 Å². The number of nitro benzene ring substituents is 1. The van der Waals surface area contributed by atoms with E-state index in [9.17, 15) is 19.3 Å². The van der Waals surface area contributed by atoms with E-state index in [1.807, 2.05) is 0 Å². The Bertz CT molecular complexity index is 927. The van der Waals surface area contributed by atoms with Crippen molar-refractivity contribution in [3.05, 3.63) is 94.0 Å². The second-order valence-electron chi connectivity index (χ2n) is 5.07. The van der Waals surface area contributed by atoms with E-state index in [-0.39, 0.29) is 16.8 Å². The van der Waals surface area contributed by atoms with Crippen molar-refractivity contribution in [2.75, 3.05) is 0 Å². The molecule has 0 fully saturated rings. The van der Waals surface area contributed by atoms with Gasteiger partial charge in [-0.15, -0.1) is 0 Å². The van der Waals surface area contributed by atoms with Crippen LogP contribution in [0.5, 0.6) is 0 Å². The summed E-state index contributed by atoms with van der Waals surface area (Å²) in [6.07, 6.45) is 3.20. The van der Waals surface area contributed by atoms with Gasteiger partial charge >= 0.3 is 0 Å². The molecule has 0 aliphatic carbocycles. The van der Waals surface area contributed by atoms with Gasteiger partial charge in [-0.1, -0.05) is 18.2 Å². The van der Waals surface area contributed by atoms with Crippen LogP contribution in [0.1, 0.15) is 15.9 Å². The summed E-state index contributed by atoms with van der Waals surface area (Å²) in [5, 5.41) is 10.8. The highest BCUT2D eigenvalue weighted by atomic mass is 19.1. The van der Waals surface area contributed by atoms with Gasteiger partial charge in [0.2, 0.25) is 0 Å². The Hall–Kier alpha value is -3.41. The fourth-order valence-electron chi connectivity index (χ4n) is 2.34. The van der Waals surface area contributed by atoms with E-state index >= 15 is 0 Å². The summed E-state index contributed by atoms with van der Waals surface area (Å²) in [5.74, 6) is -1.28. The van der Waals surface area contributed by atoms with Crippen molar-refractivity contribution >= 4 is 11.5 Å². The molecule has 0 saturated heterocycles. The summed E-state index contributed by atoms with van der Waals surface area (Å²) in [6.45, 7) is 0. The second-order valence-corrected chi connectivity index (χ2v) is 5.07. The zero-order valence-electron chi connectivity index (χ0n) is 12.3. The maximum atomic E-state index is 14.1. The number of carbonyl (C=O) groups excluding carboxylic acids is 1. The third kappa shape index (κ3) is 3.03. The normalized spacial score (nSPS) is 10.4. The molecule has 0 amide bonds. The highest BCUT2D eigenvalue weighted by Crippen LogP contribution is 2.24. The smallest absolute Gasteiger partial charge is 0.270 e. The van der Waals surface area contributed by atoms with Gasteiger partial charge < -0.3 is 0 Å². The Labute approximate surface area is 136 Å². The van der Waals surface area contributed by atoms with E-state index in [1.165, 1.54) is 30.3 Å². The standard InChI is InChI=1S/C18H11FN2O3/c19-17-5-4-13(12-6-8-20-9-7-12)11-16(17)18(22)14-2-1-3-15(10-14)21(23)24/h1-11H. The molecule has 0 spiro atoms. The van der Waals surface area contributed by atoms with Gasteiger partial charge in [0, 0.05) is 30.1 Å². The first-order valence-electron chi connectivity index (χ1n) is 7.05. The lowest BCUT2D eigenvalue weighted by atomic mass is 9.98. The molecule has 0 unspecified atom stereocenters. The average molecular weight is 322 g/mol. The van der Waals surface area contributed by atoms with E-state index in [4.69, 9.17) is 0 Å². The number of halogens is 1. The van der Waals surface area contributed by atoms with Crippen LogP contribution in [-0.4, -0.2) is 15.7 Å². The molecule has 0 aliphatic heterocycles. The third-order valence-electron chi connectivity index (χ3n) is 3.54. The van der Waals surface area contributed by atoms with Gasteiger partial charge in [-0.25, -0.2) is 4.39 Å². The lowest BCUT2D eigenvalue weighted by Gasteiger charge is -2.07. The third-order valence-corrected chi connectivity index (χ3v) is 3.54. The van der Waals surface area contributed by atoms with Crippen molar-refractivity contribution in [2.45, 2.75) is 0 Å². The highest BCUT2D eigenvalue weighted by Gasteiger charge is 2.17. The van der Waals surface area contributed by atoms with Crippen LogP contribution in [0, 0.1) is 15.9 Å². The predicted molar refractivity (Wildman–Crippen MR) is 86.2 cm³/mol. The molecule has 0 bridgehead atoms. The molecule has 3 rings (SSSR count). The Morgan fingerprint density at radius 1 is 1.00 bits per heavy atom. The molecular weight excluding hydrogens is 311 g/mol. The quantitative estimate of drug-likeness (QED) is 0.413. The number of rotatable bonds is 4. The Morgan fingerprint density at radius 3 is 2.46 bits per heavy atom. The molecule has 1 heterocycles. The minimum atomic E-state index is -0.677. The number of nitro groups is 1. The van der Waals surface area contributed by atoms with Gasteiger partial charge in [0.25, 0.3) is 5.69 Å². The number of pyridine rings is 1. The van der Waals surface area contributed by atoms with Crippen LogP contribution < -0.4 is 0 Å². The molecule has 0 radical (unpaired) electrons. The van der Waals surface area contributed by atoms with Crippen LogP contribution in [0.15, 0.2) is 67.0 Å². The minimum Gasteiger partial charge on any atom is -0.288 e. The van der Waals surface area contributed by atoms with Crippen molar-refractivity contribution in [3.63, 3.8) is 0 Å². The number of nitrogens with zero attached hydrogens (tertiary/aromatic N) is 2. The molecule has 0 N–H and O–H groups in total. The van der Waals surface area contributed by atoms with Gasteiger partial charge in [-0.3, -0.25) is 19.9 Å². The van der Waals surface area contributed by atoms with Crippen LogP contribution in [0.3, 0.4) is 0 Å². The molecule has 2 aromatic carbocycles. The summed E-state index contributed by atoms with van der Waals surface area (Å²) in [5.41, 5.74) is 1.16. The predicted octanol–water partition coefficient (Wildman–Crippen LogP) is 4.03. The molecule has 1 aromatic heterocycles. The van der Waals surface area contributed by atoms with E-state index in [0.29, 0.717) is 5.56 Å². The first-order chi connectivity index (χ1) is 11.6. The topological polar surface area (TPSA) is 73.1 Å². The summed E-state index contributed by atoms with van der Waals surface area (Å²) in [6, 6.07) is 12.9. The number of benzene rings is 2. The van der Waals surface area contributed by atoms with Crippen LogP contribution in [-0.2, 0) is 0 Å². The lowest BCUT2D eigenvalue weighted by Crippen LogP contribution is -2.05. The maximum Gasteiger partial charge on any atom is 0.270 e. The van der Waals surface area contributed by atoms with Gasteiger partial charge in [0.15, 0.2) is 5.78 Å². The Balaban J connectivity index is 2.04. The molecular formula is C18H11FN2O3. The zero-order chi connectivity index (χ0) is 17.1. The Kier molecular flexibility index (Phi) is 4.11. The summed E-state index contributed by atoms with van der Waals surface area (Å²) in [4.78, 5) is 26.7. The Morgan fingerprint density at radius 2 is 1.75 bits per heavy atom. The molecule has 118 valence electrons. The fourth-order valence-corrected chi connectivity index (χ4v) is 2.34. The number of ketones is 1. The number of aromatic nitrogens is 1. The first-order valence-corrected chi connectivity index (χ1v) is 7.05.